The van der Waals surface area contributed by atoms with Crippen LogP contribution in [0.3, 0.4) is 0 Å². The summed E-state index contributed by atoms with van der Waals surface area (Å²) >= 11 is 6.02. The van der Waals surface area contributed by atoms with Crippen LogP contribution in [0, 0.1) is 0 Å². The number of ether oxygens (including phenoxy) is 2. The average molecular weight is 316 g/mol. The first-order valence-electron chi connectivity index (χ1n) is 6.39. The van der Waals surface area contributed by atoms with E-state index >= 15 is 0 Å². The van der Waals surface area contributed by atoms with Gasteiger partial charge < -0.3 is 19.9 Å². The Bertz CT molecular complexity index is 532. The summed E-state index contributed by atoms with van der Waals surface area (Å²) in [6.07, 6.45) is 0.992. The van der Waals surface area contributed by atoms with Crippen LogP contribution in [0.15, 0.2) is 12.1 Å². The molecule has 0 aromatic heterocycles. The van der Waals surface area contributed by atoms with Crippen molar-refractivity contribution in [3.05, 3.63) is 22.7 Å². The van der Waals surface area contributed by atoms with Crippen LogP contribution in [0.1, 0.15) is 30.1 Å². The number of methoxy groups -OCH3 is 2. The highest BCUT2D eigenvalue weighted by molar-refractivity contribution is 6.32. The molecule has 6 nitrogen and oxygen atoms in total. The SMILES string of the molecule is CCC[C@@H](NC(=O)c1cc(Cl)c(OC)c(OC)c1)C(=O)O. The number of amides is 1. The van der Waals surface area contributed by atoms with Gasteiger partial charge >= 0.3 is 5.97 Å². The second-order valence-corrected chi connectivity index (χ2v) is 4.75. The number of hydrogen-bond acceptors (Lipinski definition) is 4. The lowest BCUT2D eigenvalue weighted by Gasteiger charge is -2.15. The molecule has 0 aliphatic carbocycles. The highest BCUT2D eigenvalue weighted by Gasteiger charge is 2.21. The highest BCUT2D eigenvalue weighted by Crippen LogP contribution is 2.35. The molecule has 0 aliphatic rings. The van der Waals surface area contributed by atoms with Gasteiger partial charge in [0.2, 0.25) is 0 Å². The first-order chi connectivity index (χ1) is 9.94. The van der Waals surface area contributed by atoms with E-state index in [1.54, 1.807) is 0 Å². The number of aliphatic carboxylic acids is 1. The molecular formula is C14H18ClNO5. The molecule has 1 rings (SSSR count). The fourth-order valence-corrected chi connectivity index (χ4v) is 2.12. The number of carboxylic acids is 1. The molecule has 7 heteroatoms. The Hall–Kier alpha value is -1.95. The van der Waals surface area contributed by atoms with Gasteiger partial charge in [-0.15, -0.1) is 0 Å². The molecule has 0 heterocycles. The Morgan fingerprint density at radius 1 is 1.33 bits per heavy atom. The number of rotatable bonds is 7. The summed E-state index contributed by atoms with van der Waals surface area (Å²) in [4.78, 5) is 23.2. The van der Waals surface area contributed by atoms with E-state index in [-0.39, 0.29) is 10.6 Å². The molecule has 0 saturated carbocycles. The second kappa shape index (κ2) is 7.73. The van der Waals surface area contributed by atoms with Gasteiger partial charge in [-0.3, -0.25) is 4.79 Å². The van der Waals surface area contributed by atoms with Crippen molar-refractivity contribution in [2.24, 2.45) is 0 Å². The molecule has 0 unspecified atom stereocenters. The van der Waals surface area contributed by atoms with E-state index in [1.165, 1.54) is 26.4 Å². The maximum Gasteiger partial charge on any atom is 0.326 e. The molecule has 1 aromatic rings. The molecule has 0 saturated heterocycles. The number of carboxylic acid groups (broad SMARTS) is 1. The summed E-state index contributed by atoms with van der Waals surface area (Å²) in [7, 11) is 2.86. The molecule has 1 atom stereocenters. The lowest BCUT2D eigenvalue weighted by atomic mass is 10.1. The van der Waals surface area contributed by atoms with Crippen molar-refractivity contribution in [3.63, 3.8) is 0 Å². The van der Waals surface area contributed by atoms with Crippen molar-refractivity contribution >= 4 is 23.5 Å². The zero-order valence-electron chi connectivity index (χ0n) is 12.1. The Morgan fingerprint density at radius 3 is 2.48 bits per heavy atom. The fourth-order valence-electron chi connectivity index (χ4n) is 1.84. The zero-order valence-corrected chi connectivity index (χ0v) is 12.9. The molecule has 0 aliphatic heterocycles. The zero-order chi connectivity index (χ0) is 16.0. The number of halogens is 1. The largest absolute Gasteiger partial charge is 0.493 e. The number of carbonyl (C=O) groups is 2. The molecular weight excluding hydrogens is 298 g/mol. The summed E-state index contributed by atoms with van der Waals surface area (Å²) in [5, 5.41) is 11.7. The standard InChI is InChI=1S/C14H18ClNO5/c1-4-5-10(14(18)19)16-13(17)8-6-9(15)12(21-3)11(7-8)20-2/h6-7,10H,4-5H2,1-3H3,(H,16,17)(H,18,19)/t10-/m1/s1. The summed E-state index contributed by atoms with van der Waals surface area (Å²) in [5.41, 5.74) is 0.208. The fraction of sp³-hybridized carbons (Fsp3) is 0.429. The Balaban J connectivity index is 3.02. The van der Waals surface area contributed by atoms with Crippen LogP contribution < -0.4 is 14.8 Å². The van der Waals surface area contributed by atoms with Gasteiger partial charge in [-0.2, -0.15) is 0 Å². The van der Waals surface area contributed by atoms with E-state index < -0.39 is 17.9 Å². The molecule has 2 N–H and O–H groups in total. The van der Waals surface area contributed by atoms with Crippen LogP contribution in [-0.4, -0.2) is 37.2 Å². The maximum absolute atomic E-state index is 12.1. The van der Waals surface area contributed by atoms with Gasteiger partial charge in [0, 0.05) is 5.56 Å². The van der Waals surface area contributed by atoms with Gasteiger partial charge in [0.25, 0.3) is 5.91 Å². The van der Waals surface area contributed by atoms with E-state index in [2.05, 4.69) is 5.32 Å². The van der Waals surface area contributed by atoms with Crippen LogP contribution in [0.5, 0.6) is 11.5 Å². The van der Waals surface area contributed by atoms with Crippen molar-refractivity contribution in [2.75, 3.05) is 14.2 Å². The van der Waals surface area contributed by atoms with E-state index in [0.717, 1.165) is 0 Å². The average Bonchev–Trinajstić information content (AvgIpc) is 2.45. The van der Waals surface area contributed by atoms with Crippen molar-refractivity contribution in [2.45, 2.75) is 25.8 Å². The van der Waals surface area contributed by atoms with Crippen molar-refractivity contribution in [3.8, 4) is 11.5 Å². The van der Waals surface area contributed by atoms with Crippen molar-refractivity contribution in [1.29, 1.82) is 0 Å². The first-order valence-corrected chi connectivity index (χ1v) is 6.77. The van der Waals surface area contributed by atoms with Gasteiger partial charge in [-0.25, -0.2) is 4.79 Å². The van der Waals surface area contributed by atoms with Crippen LogP contribution in [0.4, 0.5) is 0 Å². The molecule has 1 aromatic carbocycles. The normalized spacial score (nSPS) is 11.6. The molecule has 116 valence electrons. The maximum atomic E-state index is 12.1. The predicted octanol–water partition coefficient (Wildman–Crippen LogP) is 2.34. The van der Waals surface area contributed by atoms with Crippen LogP contribution in [0.2, 0.25) is 5.02 Å². The molecule has 1 amide bonds. The van der Waals surface area contributed by atoms with E-state index in [4.69, 9.17) is 26.2 Å². The third kappa shape index (κ3) is 4.26. The van der Waals surface area contributed by atoms with Crippen LogP contribution in [-0.2, 0) is 4.79 Å². The number of nitrogens with one attached hydrogen (secondary N) is 1. The second-order valence-electron chi connectivity index (χ2n) is 4.35. The summed E-state index contributed by atoms with van der Waals surface area (Å²) in [5.74, 6) is -0.980. The predicted molar refractivity (Wildman–Crippen MR) is 78.4 cm³/mol. The Kier molecular flexibility index (Phi) is 6.30. The Labute approximate surface area is 128 Å². The van der Waals surface area contributed by atoms with E-state index in [9.17, 15) is 9.59 Å². The Morgan fingerprint density at radius 2 is 2.00 bits per heavy atom. The lowest BCUT2D eigenvalue weighted by molar-refractivity contribution is -0.139. The number of hydrogen-bond donors (Lipinski definition) is 2. The van der Waals surface area contributed by atoms with Gasteiger partial charge in [-0.1, -0.05) is 24.9 Å². The van der Waals surface area contributed by atoms with Crippen LogP contribution >= 0.6 is 11.6 Å². The molecule has 0 fully saturated rings. The molecule has 0 bridgehead atoms. The summed E-state index contributed by atoms with van der Waals surface area (Å²) < 4.78 is 10.2. The number of carbonyl (C=O) groups excluding carboxylic acids is 1. The topological polar surface area (TPSA) is 84.9 Å². The minimum Gasteiger partial charge on any atom is -0.493 e. The van der Waals surface area contributed by atoms with Gasteiger partial charge in [0.15, 0.2) is 11.5 Å². The minimum atomic E-state index is -1.07. The molecule has 21 heavy (non-hydrogen) atoms. The van der Waals surface area contributed by atoms with Crippen molar-refractivity contribution in [1.82, 2.24) is 5.32 Å². The summed E-state index contributed by atoms with van der Waals surface area (Å²) in [6, 6.07) is 1.92. The molecule has 0 radical (unpaired) electrons. The quantitative estimate of drug-likeness (QED) is 0.806. The molecule has 0 spiro atoms. The minimum absolute atomic E-state index is 0.208. The van der Waals surface area contributed by atoms with E-state index in [0.29, 0.717) is 24.3 Å². The first kappa shape index (κ1) is 17.1. The van der Waals surface area contributed by atoms with Crippen LogP contribution in [0.25, 0.3) is 0 Å². The van der Waals surface area contributed by atoms with Gasteiger partial charge in [0.1, 0.15) is 6.04 Å². The van der Waals surface area contributed by atoms with E-state index in [1.807, 2.05) is 6.92 Å². The van der Waals surface area contributed by atoms with Gasteiger partial charge in [0.05, 0.1) is 19.2 Å². The highest BCUT2D eigenvalue weighted by atomic mass is 35.5. The lowest BCUT2D eigenvalue weighted by Crippen LogP contribution is -2.40. The monoisotopic (exact) mass is 315 g/mol. The smallest absolute Gasteiger partial charge is 0.326 e. The van der Waals surface area contributed by atoms with Crippen molar-refractivity contribution < 1.29 is 24.2 Å². The van der Waals surface area contributed by atoms with Gasteiger partial charge in [-0.05, 0) is 18.6 Å². The third-order valence-corrected chi connectivity index (χ3v) is 3.16. The summed E-state index contributed by atoms with van der Waals surface area (Å²) in [6.45, 7) is 1.84. The third-order valence-electron chi connectivity index (χ3n) is 2.88. The number of benzene rings is 1.